The molecular weight excluding hydrogens is 284 g/mol. The molecule has 4 nitrogen and oxygen atoms in total. The van der Waals surface area contributed by atoms with Gasteiger partial charge in [0.05, 0.1) is 11.6 Å². The Bertz CT molecular complexity index is 609. The van der Waals surface area contributed by atoms with E-state index in [0.29, 0.717) is 12.1 Å². The summed E-state index contributed by atoms with van der Waals surface area (Å²) in [6, 6.07) is 7.20. The van der Waals surface area contributed by atoms with E-state index in [1.165, 1.54) is 5.56 Å². The van der Waals surface area contributed by atoms with Gasteiger partial charge in [-0.2, -0.15) is 11.3 Å². The van der Waals surface area contributed by atoms with Gasteiger partial charge >= 0.3 is 0 Å². The molecule has 112 valence electrons. The molecule has 1 aromatic heterocycles. The third-order valence-corrected chi connectivity index (χ3v) is 4.11. The van der Waals surface area contributed by atoms with Crippen molar-refractivity contribution in [2.24, 2.45) is 0 Å². The molecule has 0 radical (unpaired) electrons. The highest BCUT2D eigenvalue weighted by molar-refractivity contribution is 7.07. The predicted molar refractivity (Wildman–Crippen MR) is 85.9 cm³/mol. The van der Waals surface area contributed by atoms with Crippen molar-refractivity contribution < 1.29 is 9.90 Å². The predicted octanol–water partition coefficient (Wildman–Crippen LogP) is 2.79. The van der Waals surface area contributed by atoms with E-state index in [1.54, 1.807) is 29.5 Å². The molecule has 0 bridgehead atoms. The molecule has 2 rings (SSSR count). The quantitative estimate of drug-likeness (QED) is 0.893. The summed E-state index contributed by atoms with van der Waals surface area (Å²) in [5.41, 5.74) is 2.44. The van der Waals surface area contributed by atoms with Gasteiger partial charge in [0.15, 0.2) is 0 Å². The number of carbonyl (C=O) groups excluding carboxylic acids is 1. The first kappa shape index (κ1) is 15.5. The average Bonchev–Trinajstić information content (AvgIpc) is 2.95. The van der Waals surface area contributed by atoms with Crippen molar-refractivity contribution in [2.75, 3.05) is 20.6 Å². The van der Waals surface area contributed by atoms with Crippen molar-refractivity contribution in [3.63, 3.8) is 0 Å². The number of carbonyl (C=O) groups is 1. The number of phenolic OH excluding ortho intramolecular Hbond substituents is 1. The van der Waals surface area contributed by atoms with E-state index in [1.807, 2.05) is 26.4 Å². The molecule has 0 aliphatic heterocycles. The lowest BCUT2D eigenvalue weighted by Crippen LogP contribution is -2.34. The average molecular weight is 304 g/mol. The molecule has 1 heterocycles. The Hall–Kier alpha value is -1.85. The first-order valence-corrected chi connectivity index (χ1v) is 7.69. The van der Waals surface area contributed by atoms with Gasteiger partial charge in [-0.1, -0.05) is 11.6 Å². The van der Waals surface area contributed by atoms with E-state index in [9.17, 15) is 9.90 Å². The van der Waals surface area contributed by atoms with Crippen LogP contribution in [0.2, 0.25) is 0 Å². The maximum Gasteiger partial charge on any atom is 0.255 e. The molecule has 0 unspecified atom stereocenters. The first-order valence-electron chi connectivity index (χ1n) is 6.75. The second-order valence-corrected chi connectivity index (χ2v) is 6.05. The van der Waals surface area contributed by atoms with E-state index in [-0.39, 0.29) is 17.7 Å². The van der Waals surface area contributed by atoms with Crippen LogP contribution in [0, 0.1) is 6.92 Å². The maximum absolute atomic E-state index is 12.2. The van der Waals surface area contributed by atoms with Crippen molar-refractivity contribution in [2.45, 2.75) is 13.0 Å². The minimum absolute atomic E-state index is 0.00929. The van der Waals surface area contributed by atoms with E-state index >= 15 is 0 Å². The minimum Gasteiger partial charge on any atom is -0.507 e. The molecule has 0 saturated carbocycles. The Morgan fingerprint density at radius 2 is 2.14 bits per heavy atom. The van der Waals surface area contributed by atoms with Gasteiger partial charge in [-0.05, 0) is 55.5 Å². The summed E-state index contributed by atoms with van der Waals surface area (Å²) in [4.78, 5) is 14.3. The summed E-state index contributed by atoms with van der Waals surface area (Å²) in [7, 11) is 3.97. The van der Waals surface area contributed by atoms with Gasteiger partial charge in [0.25, 0.3) is 5.91 Å². The zero-order valence-corrected chi connectivity index (χ0v) is 13.3. The van der Waals surface area contributed by atoms with Crippen molar-refractivity contribution in [1.82, 2.24) is 10.2 Å². The fourth-order valence-electron chi connectivity index (χ4n) is 2.18. The molecule has 0 spiro atoms. The van der Waals surface area contributed by atoms with Crippen LogP contribution in [0.5, 0.6) is 5.75 Å². The fourth-order valence-corrected chi connectivity index (χ4v) is 2.89. The van der Waals surface area contributed by atoms with Gasteiger partial charge in [0.1, 0.15) is 5.75 Å². The van der Waals surface area contributed by atoms with Crippen LogP contribution in [-0.2, 0) is 0 Å². The lowest BCUT2D eigenvalue weighted by molar-refractivity contribution is 0.0939. The van der Waals surface area contributed by atoms with Gasteiger partial charge in [0.2, 0.25) is 0 Å². The second kappa shape index (κ2) is 6.74. The van der Waals surface area contributed by atoms with Gasteiger partial charge in [0, 0.05) is 6.54 Å². The number of amides is 1. The van der Waals surface area contributed by atoms with Crippen molar-refractivity contribution in [3.8, 4) is 5.75 Å². The monoisotopic (exact) mass is 304 g/mol. The Balaban J connectivity index is 2.07. The lowest BCUT2D eigenvalue weighted by atomic mass is 10.1. The summed E-state index contributed by atoms with van der Waals surface area (Å²) >= 11 is 1.64. The van der Waals surface area contributed by atoms with Gasteiger partial charge < -0.3 is 15.3 Å². The molecule has 1 amide bonds. The number of nitrogens with one attached hydrogen (secondary N) is 1. The van der Waals surface area contributed by atoms with Gasteiger partial charge in [-0.3, -0.25) is 4.79 Å². The molecule has 0 aliphatic carbocycles. The van der Waals surface area contributed by atoms with E-state index in [0.717, 1.165) is 5.56 Å². The van der Waals surface area contributed by atoms with Crippen LogP contribution >= 0.6 is 11.3 Å². The SMILES string of the molecule is Cc1ccc(O)c(C(=O)NC[C@H](c2ccsc2)N(C)C)c1. The smallest absolute Gasteiger partial charge is 0.255 e. The van der Waals surface area contributed by atoms with Crippen LogP contribution in [0.15, 0.2) is 35.0 Å². The number of phenols is 1. The summed E-state index contributed by atoms with van der Waals surface area (Å²) in [6.45, 7) is 2.39. The Morgan fingerprint density at radius 1 is 1.38 bits per heavy atom. The highest BCUT2D eigenvalue weighted by Gasteiger charge is 2.17. The Labute approximate surface area is 129 Å². The number of rotatable bonds is 5. The van der Waals surface area contributed by atoms with Crippen LogP contribution in [0.4, 0.5) is 0 Å². The van der Waals surface area contributed by atoms with Crippen LogP contribution in [0.1, 0.15) is 27.5 Å². The number of aromatic hydroxyl groups is 1. The standard InChI is InChI=1S/C16H20N2O2S/c1-11-4-5-15(19)13(8-11)16(20)17-9-14(18(2)3)12-6-7-21-10-12/h4-8,10,14,19H,9H2,1-3H3,(H,17,20)/t14-/m1/s1. The van der Waals surface area contributed by atoms with E-state index < -0.39 is 0 Å². The number of likely N-dealkylation sites (N-methyl/N-ethyl adjacent to an activating group) is 1. The topological polar surface area (TPSA) is 52.6 Å². The van der Waals surface area contributed by atoms with Crippen LogP contribution in [-0.4, -0.2) is 36.6 Å². The molecule has 21 heavy (non-hydrogen) atoms. The fraction of sp³-hybridized carbons (Fsp3) is 0.312. The first-order chi connectivity index (χ1) is 9.99. The number of thiophene rings is 1. The normalized spacial score (nSPS) is 12.4. The molecule has 0 aliphatic rings. The maximum atomic E-state index is 12.2. The lowest BCUT2D eigenvalue weighted by Gasteiger charge is -2.24. The van der Waals surface area contributed by atoms with Crippen LogP contribution < -0.4 is 5.32 Å². The largest absolute Gasteiger partial charge is 0.507 e. The summed E-state index contributed by atoms with van der Waals surface area (Å²) in [5, 5.41) is 16.8. The molecular formula is C16H20N2O2S. The number of hydrogen-bond acceptors (Lipinski definition) is 4. The van der Waals surface area contributed by atoms with Crippen LogP contribution in [0.3, 0.4) is 0 Å². The number of benzene rings is 1. The highest BCUT2D eigenvalue weighted by atomic mass is 32.1. The van der Waals surface area contributed by atoms with Gasteiger partial charge in [-0.25, -0.2) is 0 Å². The Kier molecular flexibility index (Phi) is 4.98. The minimum atomic E-state index is -0.252. The molecule has 2 N–H and O–H groups in total. The number of nitrogens with zero attached hydrogens (tertiary/aromatic N) is 1. The third-order valence-electron chi connectivity index (χ3n) is 3.40. The molecule has 1 atom stereocenters. The summed E-state index contributed by atoms with van der Waals surface area (Å²) in [5.74, 6) is -0.242. The zero-order chi connectivity index (χ0) is 15.4. The molecule has 0 fully saturated rings. The number of aryl methyl sites for hydroxylation is 1. The summed E-state index contributed by atoms with van der Waals surface area (Å²) < 4.78 is 0. The Morgan fingerprint density at radius 3 is 2.76 bits per heavy atom. The number of hydrogen-bond donors (Lipinski definition) is 2. The van der Waals surface area contributed by atoms with E-state index in [2.05, 4.69) is 21.7 Å². The molecule has 0 saturated heterocycles. The summed E-state index contributed by atoms with van der Waals surface area (Å²) in [6.07, 6.45) is 0. The molecule has 1 aromatic carbocycles. The van der Waals surface area contributed by atoms with Crippen molar-refractivity contribution >= 4 is 17.2 Å². The second-order valence-electron chi connectivity index (χ2n) is 5.27. The van der Waals surface area contributed by atoms with Crippen LogP contribution in [0.25, 0.3) is 0 Å². The molecule has 2 aromatic rings. The third kappa shape index (κ3) is 3.83. The van der Waals surface area contributed by atoms with Crippen molar-refractivity contribution in [1.29, 1.82) is 0 Å². The van der Waals surface area contributed by atoms with Gasteiger partial charge in [-0.15, -0.1) is 0 Å². The highest BCUT2D eigenvalue weighted by Crippen LogP contribution is 2.21. The van der Waals surface area contributed by atoms with E-state index in [4.69, 9.17) is 0 Å². The van der Waals surface area contributed by atoms with Crippen molar-refractivity contribution in [3.05, 3.63) is 51.7 Å². The zero-order valence-electron chi connectivity index (χ0n) is 12.5. The molecule has 5 heteroatoms.